The van der Waals surface area contributed by atoms with Gasteiger partial charge in [-0.15, -0.1) is 0 Å². The molecule has 0 spiro atoms. The van der Waals surface area contributed by atoms with E-state index in [1.54, 1.807) is 6.92 Å². The summed E-state index contributed by atoms with van der Waals surface area (Å²) in [5.74, 6) is 0. The van der Waals surface area contributed by atoms with Crippen molar-refractivity contribution >= 4 is 21.7 Å². The largest absolute Gasteiger partial charge is 0.427 e. The molecule has 11 heteroatoms. The van der Waals surface area contributed by atoms with E-state index >= 15 is 0 Å². The summed E-state index contributed by atoms with van der Waals surface area (Å²) < 4.78 is 102. The van der Waals surface area contributed by atoms with Gasteiger partial charge in [-0.2, -0.15) is 34.8 Å². The van der Waals surface area contributed by atoms with E-state index in [1.807, 2.05) is 0 Å². The van der Waals surface area contributed by atoms with Crippen LogP contribution in [0.2, 0.25) is 0 Å². The van der Waals surface area contributed by atoms with Crippen LogP contribution in [0.3, 0.4) is 0 Å². The molecule has 1 aromatic rings. The number of rotatable bonds is 4. The maximum Gasteiger partial charge on any atom is 0.427 e. The number of aryl methyl sites for hydroxylation is 1. The van der Waals surface area contributed by atoms with Crippen molar-refractivity contribution in [3.05, 3.63) is 40.4 Å². The Morgan fingerprint density at radius 3 is 1.91 bits per heavy atom. The zero-order valence-corrected chi connectivity index (χ0v) is 12.9. The van der Waals surface area contributed by atoms with Crippen LogP contribution in [0, 0.1) is 6.92 Å². The van der Waals surface area contributed by atoms with Gasteiger partial charge in [0.05, 0.1) is 17.1 Å². The summed E-state index contributed by atoms with van der Waals surface area (Å²) in [4.78, 5) is -0.493. The molecule has 0 radical (unpaired) electrons. The molecule has 0 saturated heterocycles. The zero-order chi connectivity index (χ0) is 18.1. The molecule has 0 amide bonds. The number of allylic oxidation sites excluding steroid dienone is 1. The van der Waals surface area contributed by atoms with Crippen molar-refractivity contribution < 1.29 is 38.9 Å². The minimum absolute atomic E-state index is 0.493. The van der Waals surface area contributed by atoms with Crippen molar-refractivity contribution in [3.63, 3.8) is 0 Å². The molecule has 0 saturated carbocycles. The predicted molar refractivity (Wildman–Crippen MR) is 69.3 cm³/mol. The molecular formula is C12H9ClF6O3S. The van der Waals surface area contributed by atoms with Gasteiger partial charge in [-0.3, -0.25) is 4.18 Å². The molecule has 1 aromatic carbocycles. The first-order valence-electron chi connectivity index (χ1n) is 5.74. The molecule has 1 rings (SSSR count). The monoisotopic (exact) mass is 382 g/mol. The van der Waals surface area contributed by atoms with Crippen molar-refractivity contribution in [2.45, 2.75) is 24.2 Å². The molecule has 0 aliphatic rings. The van der Waals surface area contributed by atoms with E-state index in [0.717, 1.165) is 12.1 Å². The van der Waals surface area contributed by atoms with Crippen molar-refractivity contribution in [1.29, 1.82) is 0 Å². The molecule has 3 nitrogen and oxygen atoms in total. The van der Waals surface area contributed by atoms with Gasteiger partial charge in [0, 0.05) is 0 Å². The third-order valence-corrected chi connectivity index (χ3v) is 4.24. The Morgan fingerprint density at radius 2 is 1.52 bits per heavy atom. The molecule has 0 heterocycles. The number of hydrogen-bond donors (Lipinski definition) is 0. The van der Waals surface area contributed by atoms with Crippen LogP contribution in [0.4, 0.5) is 26.3 Å². The second-order valence-electron chi connectivity index (χ2n) is 4.32. The van der Waals surface area contributed by atoms with Crippen molar-refractivity contribution in [2.24, 2.45) is 0 Å². The summed E-state index contributed by atoms with van der Waals surface area (Å²) in [6.07, 6.45) is -11.0. The first kappa shape index (κ1) is 19.8. The van der Waals surface area contributed by atoms with Crippen molar-refractivity contribution in [3.8, 4) is 0 Å². The van der Waals surface area contributed by atoms with Gasteiger partial charge in [0.1, 0.15) is 5.03 Å². The summed E-state index contributed by atoms with van der Waals surface area (Å²) in [5.41, 5.74) is -1.66. The molecule has 0 unspecified atom stereocenters. The van der Waals surface area contributed by atoms with Gasteiger partial charge in [-0.25, -0.2) is 0 Å². The maximum atomic E-state index is 12.6. The van der Waals surface area contributed by atoms with E-state index in [-0.39, 0.29) is 0 Å². The third kappa shape index (κ3) is 5.40. The van der Waals surface area contributed by atoms with Gasteiger partial charge in [0.15, 0.2) is 0 Å². The standard InChI is InChI=1S/C12H9ClF6O3S/c1-7-2-4-8(5-3-7)23(20,21)22-6-9(11(14,15)16)10(13)12(17,18)19/h2-5H,6H2,1H3/b10-9+. The Balaban J connectivity index is 3.11. The van der Waals surface area contributed by atoms with Crippen LogP contribution in [-0.2, 0) is 14.3 Å². The summed E-state index contributed by atoms with van der Waals surface area (Å²) in [7, 11) is -4.67. The smallest absolute Gasteiger partial charge is 0.261 e. The fourth-order valence-electron chi connectivity index (χ4n) is 1.35. The molecule has 0 aliphatic heterocycles. The topological polar surface area (TPSA) is 43.4 Å². The average molecular weight is 383 g/mol. The lowest BCUT2D eigenvalue weighted by molar-refractivity contribution is -0.114. The minimum Gasteiger partial charge on any atom is -0.261 e. The average Bonchev–Trinajstić information content (AvgIpc) is 2.36. The minimum atomic E-state index is -5.50. The van der Waals surface area contributed by atoms with Crippen LogP contribution in [0.25, 0.3) is 0 Å². The van der Waals surface area contributed by atoms with Gasteiger partial charge in [-0.1, -0.05) is 29.3 Å². The highest BCUT2D eigenvalue weighted by Crippen LogP contribution is 2.38. The summed E-state index contributed by atoms with van der Waals surface area (Å²) in [5, 5.41) is -2.48. The van der Waals surface area contributed by atoms with Crippen molar-refractivity contribution in [2.75, 3.05) is 6.61 Å². The molecule has 130 valence electrons. The lowest BCUT2D eigenvalue weighted by Gasteiger charge is -2.16. The first-order chi connectivity index (χ1) is 10.2. The van der Waals surface area contributed by atoms with E-state index < -0.39 is 44.6 Å². The first-order valence-corrected chi connectivity index (χ1v) is 7.53. The van der Waals surface area contributed by atoms with Crippen LogP contribution >= 0.6 is 11.6 Å². The lowest BCUT2D eigenvalue weighted by Crippen LogP contribution is -2.24. The van der Waals surface area contributed by atoms with E-state index in [2.05, 4.69) is 15.8 Å². The predicted octanol–water partition coefficient (Wildman–Crippen LogP) is 4.32. The lowest BCUT2D eigenvalue weighted by atomic mass is 10.2. The highest BCUT2D eigenvalue weighted by atomic mass is 35.5. The second kappa shape index (κ2) is 6.70. The Labute approximate surface area is 132 Å². The van der Waals surface area contributed by atoms with Crippen LogP contribution in [0.1, 0.15) is 5.56 Å². The Bertz CT molecular complexity index is 689. The fourth-order valence-corrected chi connectivity index (χ4v) is 2.39. The fraction of sp³-hybridized carbons (Fsp3) is 0.333. The van der Waals surface area contributed by atoms with Gasteiger partial charge in [-0.05, 0) is 19.1 Å². The Morgan fingerprint density at radius 1 is 1.04 bits per heavy atom. The summed E-state index contributed by atoms with van der Waals surface area (Å²) >= 11 is 4.66. The molecule has 0 atom stereocenters. The number of benzene rings is 1. The SMILES string of the molecule is Cc1ccc(S(=O)(=O)OC/C(=C(\Cl)C(F)(F)F)C(F)(F)F)cc1. The van der Waals surface area contributed by atoms with Crippen LogP contribution < -0.4 is 0 Å². The molecule has 0 N–H and O–H groups in total. The molecule has 0 bridgehead atoms. The van der Waals surface area contributed by atoms with E-state index in [1.165, 1.54) is 12.1 Å². The van der Waals surface area contributed by atoms with Crippen LogP contribution in [-0.4, -0.2) is 27.4 Å². The quantitative estimate of drug-likeness (QED) is 0.575. The third-order valence-electron chi connectivity index (χ3n) is 2.52. The molecule has 0 aromatic heterocycles. The number of hydrogen-bond acceptors (Lipinski definition) is 3. The summed E-state index contributed by atoms with van der Waals surface area (Å²) in [6.45, 7) is -0.261. The highest BCUT2D eigenvalue weighted by Gasteiger charge is 2.45. The van der Waals surface area contributed by atoms with Gasteiger partial charge in [0.25, 0.3) is 10.1 Å². The highest BCUT2D eigenvalue weighted by molar-refractivity contribution is 7.86. The molecule has 0 fully saturated rings. The van der Waals surface area contributed by atoms with Crippen LogP contribution in [0.15, 0.2) is 39.8 Å². The zero-order valence-electron chi connectivity index (χ0n) is 11.3. The maximum absolute atomic E-state index is 12.6. The van der Waals surface area contributed by atoms with E-state index in [4.69, 9.17) is 0 Å². The molecule has 23 heavy (non-hydrogen) atoms. The molecule has 0 aliphatic carbocycles. The Kier molecular flexibility index (Phi) is 5.76. The number of alkyl halides is 6. The second-order valence-corrected chi connectivity index (χ2v) is 6.31. The molecular weight excluding hydrogens is 374 g/mol. The van der Waals surface area contributed by atoms with Gasteiger partial charge >= 0.3 is 12.4 Å². The van der Waals surface area contributed by atoms with E-state index in [9.17, 15) is 34.8 Å². The Hall–Kier alpha value is -1.26. The normalized spacial score (nSPS) is 14.6. The summed E-state index contributed by atoms with van der Waals surface area (Å²) in [6, 6.07) is 4.79. The van der Waals surface area contributed by atoms with Crippen LogP contribution in [0.5, 0.6) is 0 Å². The van der Waals surface area contributed by atoms with Crippen molar-refractivity contribution in [1.82, 2.24) is 0 Å². The van der Waals surface area contributed by atoms with Gasteiger partial charge < -0.3 is 0 Å². The van der Waals surface area contributed by atoms with E-state index in [0.29, 0.717) is 5.56 Å². The number of halogens is 7. The van der Waals surface area contributed by atoms with Gasteiger partial charge in [0.2, 0.25) is 0 Å².